The third kappa shape index (κ3) is 3.20. The zero-order chi connectivity index (χ0) is 14.7. The highest BCUT2D eigenvalue weighted by Gasteiger charge is 2.10. The van der Waals surface area contributed by atoms with E-state index >= 15 is 0 Å². The molecule has 2 rings (SSSR count). The highest BCUT2D eigenvalue weighted by Crippen LogP contribution is 2.25. The minimum Gasteiger partial charge on any atom is -0.485 e. The van der Waals surface area contributed by atoms with Gasteiger partial charge in [-0.3, -0.25) is 0 Å². The SMILES string of the molecule is Cc1ccc(C(C)C)cc1OCc1ccc(C(=O)O)o1. The Morgan fingerprint density at radius 1 is 1.30 bits per heavy atom. The van der Waals surface area contributed by atoms with Crippen molar-refractivity contribution in [1.29, 1.82) is 0 Å². The van der Waals surface area contributed by atoms with Crippen LogP contribution in [0.3, 0.4) is 0 Å². The predicted molar refractivity (Wildman–Crippen MR) is 75.3 cm³/mol. The van der Waals surface area contributed by atoms with Crippen molar-refractivity contribution < 1.29 is 19.1 Å². The van der Waals surface area contributed by atoms with Crippen molar-refractivity contribution in [3.63, 3.8) is 0 Å². The van der Waals surface area contributed by atoms with Crippen LogP contribution in [0.2, 0.25) is 0 Å². The van der Waals surface area contributed by atoms with Gasteiger partial charge in [0.25, 0.3) is 0 Å². The number of aromatic carboxylic acids is 1. The van der Waals surface area contributed by atoms with Crippen LogP contribution in [0.5, 0.6) is 5.75 Å². The summed E-state index contributed by atoms with van der Waals surface area (Å²) in [6.45, 7) is 6.44. The van der Waals surface area contributed by atoms with Crippen LogP contribution >= 0.6 is 0 Å². The fourth-order valence-electron chi connectivity index (χ4n) is 1.85. The van der Waals surface area contributed by atoms with Crippen LogP contribution in [0.15, 0.2) is 34.7 Å². The molecule has 0 aliphatic heterocycles. The summed E-state index contributed by atoms with van der Waals surface area (Å²) in [6.07, 6.45) is 0. The van der Waals surface area contributed by atoms with Gasteiger partial charge in [0, 0.05) is 0 Å². The smallest absolute Gasteiger partial charge is 0.371 e. The van der Waals surface area contributed by atoms with Gasteiger partial charge in [0.1, 0.15) is 18.1 Å². The molecule has 2 aromatic rings. The normalized spacial score (nSPS) is 10.8. The topological polar surface area (TPSA) is 59.7 Å². The van der Waals surface area contributed by atoms with Gasteiger partial charge in [-0.15, -0.1) is 0 Å². The molecule has 106 valence electrons. The van der Waals surface area contributed by atoms with Gasteiger partial charge in [0.05, 0.1) is 0 Å². The lowest BCUT2D eigenvalue weighted by Crippen LogP contribution is -1.98. The van der Waals surface area contributed by atoms with Gasteiger partial charge in [0.2, 0.25) is 5.76 Å². The second-order valence-electron chi connectivity index (χ2n) is 5.04. The molecule has 1 heterocycles. The molecule has 0 saturated carbocycles. The molecule has 0 aliphatic carbocycles. The van der Waals surface area contributed by atoms with Gasteiger partial charge >= 0.3 is 5.97 Å². The Hall–Kier alpha value is -2.23. The largest absolute Gasteiger partial charge is 0.485 e. The Labute approximate surface area is 118 Å². The van der Waals surface area contributed by atoms with Crippen molar-refractivity contribution >= 4 is 5.97 Å². The lowest BCUT2D eigenvalue weighted by molar-refractivity contribution is 0.0658. The Morgan fingerprint density at radius 3 is 2.65 bits per heavy atom. The number of carbonyl (C=O) groups is 1. The second kappa shape index (κ2) is 5.82. The number of rotatable bonds is 5. The monoisotopic (exact) mass is 274 g/mol. The molecule has 0 aliphatic rings. The molecule has 1 N–H and O–H groups in total. The fraction of sp³-hybridized carbons (Fsp3) is 0.312. The minimum atomic E-state index is -1.07. The van der Waals surface area contributed by atoms with Crippen molar-refractivity contribution in [3.05, 3.63) is 53.0 Å². The molecule has 0 amide bonds. The Kier molecular flexibility index (Phi) is 4.13. The molecule has 0 fully saturated rings. The summed E-state index contributed by atoms with van der Waals surface area (Å²) >= 11 is 0. The van der Waals surface area contributed by atoms with E-state index in [4.69, 9.17) is 14.3 Å². The number of aryl methyl sites for hydroxylation is 1. The number of carboxylic acids is 1. The van der Waals surface area contributed by atoms with Crippen molar-refractivity contribution in [3.8, 4) is 5.75 Å². The zero-order valence-electron chi connectivity index (χ0n) is 11.8. The maximum absolute atomic E-state index is 10.7. The van der Waals surface area contributed by atoms with E-state index in [1.54, 1.807) is 6.07 Å². The Balaban J connectivity index is 2.09. The van der Waals surface area contributed by atoms with Crippen LogP contribution in [0.1, 0.15) is 47.2 Å². The predicted octanol–water partition coefficient (Wildman–Crippen LogP) is 3.99. The van der Waals surface area contributed by atoms with Crippen LogP contribution in [-0.4, -0.2) is 11.1 Å². The van der Waals surface area contributed by atoms with E-state index in [0.29, 0.717) is 11.7 Å². The van der Waals surface area contributed by atoms with Crippen molar-refractivity contribution in [1.82, 2.24) is 0 Å². The number of carboxylic acid groups (broad SMARTS) is 1. The number of hydrogen-bond donors (Lipinski definition) is 1. The lowest BCUT2D eigenvalue weighted by atomic mass is 10.0. The molecular formula is C16H18O4. The van der Waals surface area contributed by atoms with Crippen LogP contribution in [0.4, 0.5) is 0 Å². The van der Waals surface area contributed by atoms with E-state index in [1.807, 2.05) is 19.1 Å². The van der Waals surface area contributed by atoms with Crippen LogP contribution < -0.4 is 4.74 Å². The van der Waals surface area contributed by atoms with Crippen LogP contribution in [0.25, 0.3) is 0 Å². The second-order valence-corrected chi connectivity index (χ2v) is 5.04. The van der Waals surface area contributed by atoms with Crippen molar-refractivity contribution in [2.45, 2.75) is 33.3 Å². The molecule has 4 heteroatoms. The molecule has 0 bridgehead atoms. The highest BCUT2D eigenvalue weighted by molar-refractivity contribution is 5.84. The quantitative estimate of drug-likeness (QED) is 0.895. The molecule has 0 spiro atoms. The standard InChI is InChI=1S/C16H18O4/c1-10(2)12-5-4-11(3)15(8-12)19-9-13-6-7-14(20-13)16(17)18/h4-8,10H,9H2,1-3H3,(H,17,18). The summed E-state index contributed by atoms with van der Waals surface area (Å²) in [7, 11) is 0. The molecule has 0 unspecified atom stereocenters. The molecule has 0 saturated heterocycles. The summed E-state index contributed by atoms with van der Waals surface area (Å²) < 4.78 is 10.9. The first-order chi connectivity index (χ1) is 9.47. The van der Waals surface area contributed by atoms with E-state index in [-0.39, 0.29) is 12.4 Å². The number of ether oxygens (including phenoxy) is 1. The van der Waals surface area contributed by atoms with E-state index < -0.39 is 5.97 Å². The lowest BCUT2D eigenvalue weighted by Gasteiger charge is -2.12. The summed E-state index contributed by atoms with van der Waals surface area (Å²) in [4.78, 5) is 10.7. The minimum absolute atomic E-state index is 0.0729. The van der Waals surface area contributed by atoms with Gasteiger partial charge in [-0.1, -0.05) is 26.0 Å². The number of furan rings is 1. The molecular weight excluding hydrogens is 256 g/mol. The Bertz CT molecular complexity index is 611. The molecule has 1 aromatic carbocycles. The summed E-state index contributed by atoms with van der Waals surface area (Å²) in [5.41, 5.74) is 2.25. The number of benzene rings is 1. The molecule has 4 nitrogen and oxygen atoms in total. The first kappa shape index (κ1) is 14.2. The first-order valence-electron chi connectivity index (χ1n) is 6.52. The number of hydrogen-bond acceptors (Lipinski definition) is 3. The summed E-state index contributed by atoms with van der Waals surface area (Å²) in [6, 6.07) is 9.17. The maximum atomic E-state index is 10.7. The van der Waals surface area contributed by atoms with Gasteiger partial charge in [-0.25, -0.2) is 4.79 Å². The van der Waals surface area contributed by atoms with E-state index in [0.717, 1.165) is 11.3 Å². The Morgan fingerprint density at radius 2 is 2.05 bits per heavy atom. The highest BCUT2D eigenvalue weighted by atomic mass is 16.5. The van der Waals surface area contributed by atoms with Crippen molar-refractivity contribution in [2.75, 3.05) is 0 Å². The van der Waals surface area contributed by atoms with Gasteiger partial charge < -0.3 is 14.3 Å². The molecule has 0 radical (unpaired) electrons. The van der Waals surface area contributed by atoms with Crippen LogP contribution in [-0.2, 0) is 6.61 Å². The first-order valence-corrected chi connectivity index (χ1v) is 6.52. The summed E-state index contributed by atoms with van der Waals surface area (Å²) in [5, 5.41) is 8.79. The van der Waals surface area contributed by atoms with Crippen molar-refractivity contribution in [2.24, 2.45) is 0 Å². The van der Waals surface area contributed by atoms with E-state index in [9.17, 15) is 4.79 Å². The average Bonchev–Trinajstić information content (AvgIpc) is 2.86. The third-order valence-electron chi connectivity index (χ3n) is 3.12. The average molecular weight is 274 g/mol. The molecule has 20 heavy (non-hydrogen) atoms. The molecule has 0 atom stereocenters. The van der Waals surface area contributed by atoms with Gasteiger partial charge in [-0.2, -0.15) is 0 Å². The summed E-state index contributed by atoms with van der Waals surface area (Å²) in [5.74, 6) is 0.576. The van der Waals surface area contributed by atoms with E-state index in [2.05, 4.69) is 19.9 Å². The van der Waals surface area contributed by atoms with Gasteiger partial charge in [0.15, 0.2) is 0 Å². The van der Waals surface area contributed by atoms with E-state index in [1.165, 1.54) is 11.6 Å². The fourth-order valence-corrected chi connectivity index (χ4v) is 1.85. The molecule has 1 aromatic heterocycles. The maximum Gasteiger partial charge on any atom is 0.371 e. The third-order valence-corrected chi connectivity index (χ3v) is 3.12. The van der Waals surface area contributed by atoms with Crippen LogP contribution in [0, 0.1) is 6.92 Å². The van der Waals surface area contributed by atoms with Gasteiger partial charge in [-0.05, 0) is 42.2 Å². The zero-order valence-corrected chi connectivity index (χ0v) is 11.8.